The first kappa shape index (κ1) is 14.2. The minimum atomic E-state index is -4.50. The highest BCUT2D eigenvalue weighted by molar-refractivity contribution is 6.29. The first-order chi connectivity index (χ1) is 9.36. The van der Waals surface area contributed by atoms with E-state index in [0.29, 0.717) is 6.20 Å². The van der Waals surface area contributed by atoms with Gasteiger partial charge in [0.1, 0.15) is 10.8 Å². The summed E-state index contributed by atoms with van der Waals surface area (Å²) in [7, 11) is 0. The van der Waals surface area contributed by atoms with Gasteiger partial charge in [0, 0.05) is 6.20 Å². The maximum Gasteiger partial charge on any atom is 0.417 e. The molecule has 2 heterocycles. The molecule has 5 nitrogen and oxygen atoms in total. The number of hydrogen-bond donors (Lipinski definition) is 1. The molecule has 0 aliphatic carbocycles. The number of hydrogen-bond acceptors (Lipinski definition) is 4. The van der Waals surface area contributed by atoms with Gasteiger partial charge in [-0.2, -0.15) is 13.2 Å². The number of anilines is 1. The maximum atomic E-state index is 12.3. The summed E-state index contributed by atoms with van der Waals surface area (Å²) in [5.74, 6) is -0.587. The second kappa shape index (κ2) is 5.41. The molecule has 0 radical (unpaired) electrons. The molecule has 2 aromatic heterocycles. The zero-order valence-electron chi connectivity index (χ0n) is 9.65. The van der Waals surface area contributed by atoms with Crippen molar-refractivity contribution in [3.8, 4) is 0 Å². The predicted molar refractivity (Wildman–Crippen MR) is 64.2 cm³/mol. The molecule has 0 atom stereocenters. The van der Waals surface area contributed by atoms with Crippen LogP contribution in [0.15, 0.2) is 30.7 Å². The third-order valence-corrected chi connectivity index (χ3v) is 2.38. The Hall–Kier alpha value is -2.22. The first-order valence-corrected chi connectivity index (χ1v) is 5.56. The molecule has 0 unspecified atom stereocenters. The standard InChI is InChI=1S/C11H6ClF3N4O/c12-8-4-18-9(5-17-8)19-10(20)7-2-1-6(3-16-7)11(13,14)15/h1-5H,(H,18,19,20). The Morgan fingerprint density at radius 3 is 2.35 bits per heavy atom. The van der Waals surface area contributed by atoms with Crippen LogP contribution in [-0.4, -0.2) is 20.9 Å². The number of rotatable bonds is 2. The highest BCUT2D eigenvalue weighted by Gasteiger charge is 2.30. The molecule has 0 spiro atoms. The maximum absolute atomic E-state index is 12.3. The van der Waals surface area contributed by atoms with E-state index in [4.69, 9.17) is 11.6 Å². The summed E-state index contributed by atoms with van der Waals surface area (Å²) in [6.45, 7) is 0. The number of alkyl halides is 3. The molecule has 2 rings (SSSR count). The largest absolute Gasteiger partial charge is 0.417 e. The van der Waals surface area contributed by atoms with Gasteiger partial charge in [0.2, 0.25) is 0 Å². The van der Waals surface area contributed by atoms with Crippen molar-refractivity contribution in [3.05, 3.63) is 47.1 Å². The molecule has 0 bridgehead atoms. The zero-order chi connectivity index (χ0) is 14.8. The van der Waals surface area contributed by atoms with Crippen molar-refractivity contribution < 1.29 is 18.0 Å². The van der Waals surface area contributed by atoms with Crippen LogP contribution < -0.4 is 5.32 Å². The molecule has 0 aliphatic heterocycles. The van der Waals surface area contributed by atoms with E-state index in [0.717, 1.165) is 12.1 Å². The van der Waals surface area contributed by atoms with Crippen LogP contribution in [0.1, 0.15) is 16.1 Å². The van der Waals surface area contributed by atoms with Crippen molar-refractivity contribution in [3.63, 3.8) is 0 Å². The van der Waals surface area contributed by atoms with Gasteiger partial charge in [0.05, 0.1) is 18.0 Å². The van der Waals surface area contributed by atoms with Gasteiger partial charge in [-0.05, 0) is 12.1 Å². The molecule has 0 saturated heterocycles. The lowest BCUT2D eigenvalue weighted by Crippen LogP contribution is -2.15. The normalized spacial score (nSPS) is 11.2. The van der Waals surface area contributed by atoms with Crippen molar-refractivity contribution in [1.29, 1.82) is 0 Å². The minimum Gasteiger partial charge on any atom is -0.304 e. The van der Waals surface area contributed by atoms with Gasteiger partial charge < -0.3 is 5.32 Å². The Kier molecular flexibility index (Phi) is 3.84. The number of nitrogens with zero attached hydrogens (tertiary/aromatic N) is 3. The average Bonchev–Trinajstić information content (AvgIpc) is 2.40. The van der Waals surface area contributed by atoms with E-state index < -0.39 is 17.6 Å². The number of halogens is 4. The summed E-state index contributed by atoms with van der Waals surface area (Å²) in [6, 6.07) is 1.75. The Balaban J connectivity index is 2.11. The van der Waals surface area contributed by atoms with Gasteiger partial charge in [0.15, 0.2) is 5.82 Å². The number of pyridine rings is 1. The molecule has 0 aromatic carbocycles. The lowest BCUT2D eigenvalue weighted by Gasteiger charge is -2.07. The van der Waals surface area contributed by atoms with Crippen molar-refractivity contribution >= 4 is 23.3 Å². The molecule has 1 N–H and O–H groups in total. The Labute approximate surface area is 115 Å². The number of nitrogens with one attached hydrogen (secondary N) is 1. The van der Waals surface area contributed by atoms with Gasteiger partial charge in [-0.3, -0.25) is 9.78 Å². The summed E-state index contributed by atoms with van der Waals surface area (Å²) in [4.78, 5) is 22.6. The summed E-state index contributed by atoms with van der Waals surface area (Å²) in [5.41, 5.74) is -1.10. The van der Waals surface area contributed by atoms with Gasteiger partial charge in [-0.1, -0.05) is 11.6 Å². The fourth-order valence-corrected chi connectivity index (χ4v) is 1.35. The van der Waals surface area contributed by atoms with Crippen LogP contribution in [0, 0.1) is 0 Å². The number of aromatic nitrogens is 3. The summed E-state index contributed by atoms with van der Waals surface area (Å²) < 4.78 is 37.0. The van der Waals surface area contributed by atoms with Crippen molar-refractivity contribution in [1.82, 2.24) is 15.0 Å². The van der Waals surface area contributed by atoms with Gasteiger partial charge in [0.25, 0.3) is 5.91 Å². The number of carbonyl (C=O) groups is 1. The van der Waals surface area contributed by atoms with E-state index in [1.807, 2.05) is 0 Å². The molecule has 104 valence electrons. The third-order valence-electron chi connectivity index (χ3n) is 2.19. The first-order valence-electron chi connectivity index (χ1n) is 5.18. The van der Waals surface area contributed by atoms with Crippen LogP contribution in [0.3, 0.4) is 0 Å². The minimum absolute atomic E-state index is 0.112. The quantitative estimate of drug-likeness (QED) is 0.926. The van der Waals surface area contributed by atoms with Crippen molar-refractivity contribution in [2.45, 2.75) is 6.18 Å². The molecule has 0 saturated carbocycles. The number of amides is 1. The van der Waals surface area contributed by atoms with Gasteiger partial charge in [-0.15, -0.1) is 0 Å². The average molecular weight is 303 g/mol. The lowest BCUT2D eigenvalue weighted by atomic mass is 10.2. The topological polar surface area (TPSA) is 67.8 Å². The molecular weight excluding hydrogens is 297 g/mol. The monoisotopic (exact) mass is 302 g/mol. The molecule has 2 aromatic rings. The van der Waals surface area contributed by atoms with E-state index in [-0.39, 0.29) is 16.7 Å². The predicted octanol–water partition coefficient (Wildman–Crippen LogP) is 2.80. The zero-order valence-corrected chi connectivity index (χ0v) is 10.4. The van der Waals surface area contributed by atoms with Crippen molar-refractivity contribution in [2.24, 2.45) is 0 Å². The summed E-state index contributed by atoms with van der Waals surface area (Å²) in [5, 5.41) is 2.48. The molecule has 0 aliphatic rings. The van der Waals surface area contributed by atoms with E-state index >= 15 is 0 Å². The van der Waals surface area contributed by atoms with Crippen LogP contribution in [0.4, 0.5) is 19.0 Å². The molecule has 0 fully saturated rings. The lowest BCUT2D eigenvalue weighted by molar-refractivity contribution is -0.137. The van der Waals surface area contributed by atoms with E-state index in [9.17, 15) is 18.0 Å². The van der Waals surface area contributed by atoms with Crippen molar-refractivity contribution in [2.75, 3.05) is 5.32 Å². The fourth-order valence-electron chi connectivity index (χ4n) is 1.25. The third kappa shape index (κ3) is 3.41. The second-order valence-corrected chi connectivity index (χ2v) is 4.00. The molecule has 9 heteroatoms. The van der Waals surface area contributed by atoms with Crippen LogP contribution in [0.5, 0.6) is 0 Å². The Morgan fingerprint density at radius 1 is 1.10 bits per heavy atom. The molecular formula is C11H6ClF3N4O. The fraction of sp³-hybridized carbons (Fsp3) is 0.0909. The smallest absolute Gasteiger partial charge is 0.304 e. The molecule has 1 amide bonds. The highest BCUT2D eigenvalue weighted by Crippen LogP contribution is 2.28. The number of carbonyl (C=O) groups excluding carboxylic acids is 1. The van der Waals surface area contributed by atoms with Crippen LogP contribution in [0.2, 0.25) is 5.15 Å². The molecule has 20 heavy (non-hydrogen) atoms. The Morgan fingerprint density at radius 2 is 1.85 bits per heavy atom. The summed E-state index contributed by atoms with van der Waals surface area (Å²) in [6.07, 6.45) is -1.48. The van der Waals surface area contributed by atoms with E-state index in [1.165, 1.54) is 12.4 Å². The van der Waals surface area contributed by atoms with Crippen LogP contribution in [-0.2, 0) is 6.18 Å². The van der Waals surface area contributed by atoms with Crippen LogP contribution in [0.25, 0.3) is 0 Å². The Bertz CT molecular complexity index is 613. The second-order valence-electron chi connectivity index (χ2n) is 3.61. The van der Waals surface area contributed by atoms with Gasteiger partial charge >= 0.3 is 6.18 Å². The van der Waals surface area contributed by atoms with E-state index in [1.54, 1.807) is 0 Å². The summed E-state index contributed by atoms with van der Waals surface area (Å²) >= 11 is 5.52. The highest BCUT2D eigenvalue weighted by atomic mass is 35.5. The van der Waals surface area contributed by atoms with Crippen LogP contribution >= 0.6 is 11.6 Å². The van der Waals surface area contributed by atoms with Gasteiger partial charge in [-0.25, -0.2) is 9.97 Å². The van der Waals surface area contributed by atoms with E-state index in [2.05, 4.69) is 20.3 Å². The SMILES string of the molecule is O=C(Nc1cnc(Cl)cn1)c1ccc(C(F)(F)F)cn1.